The van der Waals surface area contributed by atoms with Crippen LogP contribution in [0.15, 0.2) is 48.7 Å². The number of fused-ring (bicyclic) bond motifs is 1. The molecule has 0 aliphatic rings. The number of rotatable bonds is 13. The number of aromatic nitrogens is 1. The maximum Gasteiger partial charge on any atom is 0.412 e. The van der Waals surface area contributed by atoms with E-state index in [1.54, 1.807) is 12.1 Å². The van der Waals surface area contributed by atoms with Crippen molar-refractivity contribution in [3.63, 3.8) is 0 Å². The molecule has 3 aromatic rings. The number of pyridine rings is 1. The lowest BCUT2D eigenvalue weighted by molar-refractivity contribution is -0.146. The SMILES string of the molecule is CC(C)[C@H](N)C(=O)OCCCC[C@@H](COC(=O)Nc1cc2cc(F)ccc2cn1)N(C)C(=O)NCc1cccc(F)c1Cl. The van der Waals surface area contributed by atoms with Crippen LogP contribution in [0, 0.1) is 17.6 Å². The molecular formula is C30H36ClF2N5O5. The molecule has 0 radical (unpaired) electrons. The summed E-state index contributed by atoms with van der Waals surface area (Å²) in [6.07, 6.45) is 2.11. The molecule has 0 spiro atoms. The van der Waals surface area contributed by atoms with Gasteiger partial charge in [0, 0.05) is 25.2 Å². The zero-order chi connectivity index (χ0) is 31.5. The van der Waals surface area contributed by atoms with E-state index in [1.807, 2.05) is 13.8 Å². The predicted molar refractivity (Wildman–Crippen MR) is 159 cm³/mol. The molecule has 0 fully saturated rings. The van der Waals surface area contributed by atoms with Gasteiger partial charge in [-0.2, -0.15) is 0 Å². The second kappa shape index (κ2) is 16.0. The fourth-order valence-corrected chi connectivity index (χ4v) is 4.24. The van der Waals surface area contributed by atoms with Gasteiger partial charge in [0.25, 0.3) is 0 Å². The lowest BCUT2D eigenvalue weighted by atomic mass is 10.1. The second-order valence-corrected chi connectivity index (χ2v) is 10.7. The summed E-state index contributed by atoms with van der Waals surface area (Å²) in [6.45, 7) is 3.61. The third-order valence-electron chi connectivity index (χ3n) is 6.82. The number of hydrogen-bond donors (Lipinski definition) is 3. The van der Waals surface area contributed by atoms with Crippen LogP contribution in [0.2, 0.25) is 5.02 Å². The summed E-state index contributed by atoms with van der Waals surface area (Å²) < 4.78 is 38.0. The number of carbonyl (C=O) groups excluding carboxylic acids is 3. The molecule has 0 bridgehead atoms. The lowest BCUT2D eigenvalue weighted by Gasteiger charge is -2.28. The van der Waals surface area contributed by atoms with Crippen molar-refractivity contribution in [2.24, 2.45) is 11.7 Å². The molecule has 3 amide bonds. The van der Waals surface area contributed by atoms with Gasteiger partial charge < -0.3 is 25.4 Å². The minimum absolute atomic E-state index is 0.0197. The number of esters is 1. The summed E-state index contributed by atoms with van der Waals surface area (Å²) in [5.41, 5.74) is 6.21. The van der Waals surface area contributed by atoms with E-state index in [9.17, 15) is 23.2 Å². The van der Waals surface area contributed by atoms with Crippen LogP contribution in [0.25, 0.3) is 10.8 Å². The first-order chi connectivity index (χ1) is 20.5. The maximum atomic E-state index is 13.8. The van der Waals surface area contributed by atoms with Crippen molar-refractivity contribution in [2.45, 2.75) is 51.7 Å². The molecule has 2 aromatic carbocycles. The molecule has 43 heavy (non-hydrogen) atoms. The highest BCUT2D eigenvalue weighted by atomic mass is 35.5. The molecule has 3 rings (SSSR count). The number of halogens is 3. The predicted octanol–water partition coefficient (Wildman–Crippen LogP) is 5.62. The van der Waals surface area contributed by atoms with Crippen molar-refractivity contribution < 1.29 is 32.6 Å². The Morgan fingerprint density at radius 3 is 2.58 bits per heavy atom. The van der Waals surface area contributed by atoms with Crippen LogP contribution >= 0.6 is 11.6 Å². The van der Waals surface area contributed by atoms with Gasteiger partial charge in [-0.1, -0.05) is 37.6 Å². The van der Waals surface area contributed by atoms with E-state index in [1.165, 1.54) is 48.5 Å². The van der Waals surface area contributed by atoms with Crippen LogP contribution in [-0.4, -0.2) is 60.3 Å². The summed E-state index contributed by atoms with van der Waals surface area (Å²) in [5, 5.41) is 6.37. The molecule has 0 aliphatic heterocycles. The van der Waals surface area contributed by atoms with Crippen molar-refractivity contribution in [1.82, 2.24) is 15.2 Å². The highest BCUT2D eigenvalue weighted by Gasteiger charge is 2.23. The molecule has 232 valence electrons. The Kier molecular flexibility index (Phi) is 12.4. The number of anilines is 1. The number of benzene rings is 2. The van der Waals surface area contributed by atoms with Crippen molar-refractivity contribution in [2.75, 3.05) is 25.6 Å². The highest BCUT2D eigenvalue weighted by Crippen LogP contribution is 2.20. The van der Waals surface area contributed by atoms with Crippen molar-refractivity contribution in [3.05, 3.63) is 70.9 Å². The molecular weight excluding hydrogens is 584 g/mol. The Bertz CT molecular complexity index is 1430. The van der Waals surface area contributed by atoms with E-state index < -0.39 is 41.8 Å². The maximum absolute atomic E-state index is 13.8. The standard InChI is InChI=1S/C30H36ClF2N5O5/c1-18(2)27(34)28(39)42-12-5-4-8-23(38(3)29(40)36-16-20-7-6-9-24(33)26(20)31)17-43-30(41)37-25-14-21-13-22(32)11-10-19(21)15-35-25/h6-7,9-11,13-15,18,23,27H,4-5,8,12,16-17,34H2,1-3H3,(H,36,40)(H,35,37,41)/t23-,27-/m0/s1. The van der Waals surface area contributed by atoms with Crippen LogP contribution in [0.4, 0.5) is 24.2 Å². The lowest BCUT2D eigenvalue weighted by Crippen LogP contribution is -2.46. The summed E-state index contributed by atoms with van der Waals surface area (Å²) in [7, 11) is 1.54. The van der Waals surface area contributed by atoms with Crippen LogP contribution in [0.1, 0.15) is 38.7 Å². The number of likely N-dealkylation sites (N-methyl/N-ethyl adjacent to an activating group) is 1. The third-order valence-corrected chi connectivity index (χ3v) is 7.24. The molecule has 0 unspecified atom stereocenters. The van der Waals surface area contributed by atoms with E-state index in [0.717, 1.165) is 0 Å². The molecule has 4 N–H and O–H groups in total. The van der Waals surface area contributed by atoms with Gasteiger partial charge >= 0.3 is 18.1 Å². The van der Waals surface area contributed by atoms with Gasteiger partial charge in [-0.05, 0) is 66.5 Å². The topological polar surface area (TPSA) is 136 Å². The van der Waals surface area contributed by atoms with E-state index in [-0.39, 0.29) is 36.5 Å². The molecule has 10 nitrogen and oxygen atoms in total. The van der Waals surface area contributed by atoms with Crippen molar-refractivity contribution >= 4 is 46.3 Å². The molecule has 2 atom stereocenters. The Morgan fingerprint density at radius 1 is 1.07 bits per heavy atom. The van der Waals surface area contributed by atoms with Crippen molar-refractivity contribution in [3.8, 4) is 0 Å². The number of ether oxygens (including phenoxy) is 2. The summed E-state index contributed by atoms with van der Waals surface area (Å²) in [4.78, 5) is 43.1. The zero-order valence-electron chi connectivity index (χ0n) is 24.2. The largest absolute Gasteiger partial charge is 0.465 e. The van der Waals surface area contributed by atoms with Gasteiger partial charge in [0.2, 0.25) is 0 Å². The molecule has 0 saturated heterocycles. The number of nitrogens with two attached hydrogens (primary N) is 1. The number of nitrogens with one attached hydrogen (secondary N) is 2. The molecule has 1 heterocycles. The summed E-state index contributed by atoms with van der Waals surface area (Å²) in [6, 6.07) is 8.25. The number of nitrogens with zero attached hydrogens (tertiary/aromatic N) is 2. The van der Waals surface area contributed by atoms with Crippen LogP contribution in [0.5, 0.6) is 0 Å². The number of urea groups is 1. The van der Waals surface area contributed by atoms with E-state index in [4.69, 9.17) is 26.8 Å². The summed E-state index contributed by atoms with van der Waals surface area (Å²) >= 11 is 6.00. The van der Waals surface area contributed by atoms with Crippen LogP contribution in [0.3, 0.4) is 0 Å². The average molecular weight is 620 g/mol. The van der Waals surface area contributed by atoms with Crippen LogP contribution in [-0.2, 0) is 20.8 Å². The number of amides is 3. The normalized spacial score (nSPS) is 12.5. The van der Waals surface area contributed by atoms with Crippen LogP contribution < -0.4 is 16.4 Å². The quantitative estimate of drug-likeness (QED) is 0.167. The van der Waals surface area contributed by atoms with Gasteiger partial charge in [0.15, 0.2) is 0 Å². The molecule has 13 heteroatoms. The number of carbonyl (C=O) groups is 3. The fraction of sp³-hybridized carbons (Fsp3) is 0.400. The molecule has 1 aromatic heterocycles. The number of unbranched alkanes of at least 4 members (excludes halogenated alkanes) is 1. The van der Waals surface area contributed by atoms with Gasteiger partial charge in [-0.25, -0.2) is 23.4 Å². The van der Waals surface area contributed by atoms with Crippen molar-refractivity contribution in [1.29, 1.82) is 0 Å². The average Bonchev–Trinajstić information content (AvgIpc) is 2.97. The first-order valence-corrected chi connectivity index (χ1v) is 14.2. The third kappa shape index (κ3) is 10.0. The first-order valence-electron chi connectivity index (χ1n) is 13.8. The minimum Gasteiger partial charge on any atom is -0.465 e. The first kappa shape index (κ1) is 33.5. The number of hydrogen-bond acceptors (Lipinski definition) is 7. The Balaban J connectivity index is 1.59. The molecule has 0 aliphatic carbocycles. The fourth-order valence-electron chi connectivity index (χ4n) is 4.05. The Labute approximate surface area is 253 Å². The summed E-state index contributed by atoms with van der Waals surface area (Å²) in [5.74, 6) is -1.39. The minimum atomic E-state index is -0.815. The monoisotopic (exact) mass is 619 g/mol. The molecule has 0 saturated carbocycles. The zero-order valence-corrected chi connectivity index (χ0v) is 25.0. The highest BCUT2D eigenvalue weighted by molar-refractivity contribution is 6.31. The van der Waals surface area contributed by atoms with Gasteiger partial charge in [0.1, 0.15) is 30.1 Å². The van der Waals surface area contributed by atoms with Gasteiger partial charge in [-0.3, -0.25) is 10.1 Å². The van der Waals surface area contributed by atoms with E-state index in [2.05, 4.69) is 15.6 Å². The Morgan fingerprint density at radius 2 is 1.84 bits per heavy atom. The van der Waals surface area contributed by atoms with Gasteiger partial charge in [0.05, 0.1) is 17.7 Å². The van der Waals surface area contributed by atoms with Gasteiger partial charge in [-0.15, -0.1) is 0 Å². The Hall–Kier alpha value is -4.03. The second-order valence-electron chi connectivity index (χ2n) is 10.4. The van der Waals surface area contributed by atoms with E-state index in [0.29, 0.717) is 35.6 Å². The smallest absolute Gasteiger partial charge is 0.412 e. The van der Waals surface area contributed by atoms with E-state index >= 15 is 0 Å².